The summed E-state index contributed by atoms with van der Waals surface area (Å²) in [6, 6.07) is 6.09. The smallest absolute Gasteiger partial charge is 0.213 e. The molecule has 0 amide bonds. The van der Waals surface area contributed by atoms with Gasteiger partial charge in [-0.05, 0) is 84.5 Å². The number of ketones is 1. The predicted octanol–water partition coefficient (Wildman–Crippen LogP) is 3.46. The maximum absolute atomic E-state index is 12.1. The van der Waals surface area contributed by atoms with E-state index in [1.807, 2.05) is 12.1 Å². The number of primary sulfonamides is 1. The van der Waals surface area contributed by atoms with Crippen molar-refractivity contribution >= 4 is 15.8 Å². The molecule has 4 rings (SSSR count). The number of rotatable bonds is 3. The number of Topliss-reactive ketones (excluding diaryl/α,β-unsaturated/α-hetero) is 1. The van der Waals surface area contributed by atoms with Gasteiger partial charge in [-0.2, -0.15) is 0 Å². The summed E-state index contributed by atoms with van der Waals surface area (Å²) < 4.78 is 22.8. The summed E-state index contributed by atoms with van der Waals surface area (Å²) in [4.78, 5) is 12.1. The van der Waals surface area contributed by atoms with Crippen LogP contribution in [0.5, 0.6) is 0 Å². The van der Waals surface area contributed by atoms with Crippen LogP contribution in [0, 0.1) is 17.3 Å². The van der Waals surface area contributed by atoms with E-state index in [-0.39, 0.29) is 17.0 Å². The van der Waals surface area contributed by atoms with Crippen LogP contribution in [0.2, 0.25) is 0 Å². The van der Waals surface area contributed by atoms with Gasteiger partial charge in [0.1, 0.15) is 0 Å². The van der Waals surface area contributed by atoms with Crippen molar-refractivity contribution in [1.82, 2.24) is 0 Å². The number of carbonyl (C=O) groups excluding carboxylic acids is 1. The highest BCUT2D eigenvalue weighted by Gasteiger charge is 2.52. The lowest BCUT2D eigenvalue weighted by atomic mass is 9.54. The van der Waals surface area contributed by atoms with Gasteiger partial charge < -0.3 is 0 Å². The van der Waals surface area contributed by atoms with Crippen molar-refractivity contribution in [2.75, 3.05) is 0 Å². The van der Waals surface area contributed by atoms with Crippen molar-refractivity contribution in [2.45, 2.75) is 57.6 Å². The Morgan fingerprint density at radius 1 is 1.31 bits per heavy atom. The topological polar surface area (TPSA) is 77.2 Å². The summed E-state index contributed by atoms with van der Waals surface area (Å²) in [5.74, 6) is 1.83. The molecule has 26 heavy (non-hydrogen) atoms. The summed E-state index contributed by atoms with van der Waals surface area (Å²) in [7, 11) is -3.50. The molecular weight excluding hydrogens is 346 g/mol. The Kier molecular flexibility index (Phi) is 4.16. The summed E-state index contributed by atoms with van der Waals surface area (Å²) >= 11 is 0. The highest BCUT2D eigenvalue weighted by atomic mass is 32.2. The summed E-state index contributed by atoms with van der Waals surface area (Å²) in [5, 5.41) is 5.20. The number of nitrogens with two attached hydrogens (primary N) is 1. The molecule has 1 fully saturated rings. The van der Waals surface area contributed by atoms with E-state index in [4.69, 9.17) is 5.14 Å². The predicted molar refractivity (Wildman–Crippen MR) is 102 cm³/mol. The van der Waals surface area contributed by atoms with E-state index in [1.165, 1.54) is 11.1 Å². The summed E-state index contributed by atoms with van der Waals surface area (Å²) in [5.41, 5.74) is 4.55. The molecule has 1 aromatic carbocycles. The molecule has 0 aromatic heterocycles. The second-order valence-electron chi connectivity index (χ2n) is 8.62. The van der Waals surface area contributed by atoms with Crippen LogP contribution in [-0.4, -0.2) is 14.2 Å². The number of benzene rings is 1. The van der Waals surface area contributed by atoms with E-state index in [9.17, 15) is 13.2 Å². The Morgan fingerprint density at radius 2 is 2.08 bits per heavy atom. The Labute approximate surface area is 155 Å². The Balaban J connectivity index is 1.63. The second kappa shape index (κ2) is 6.03. The van der Waals surface area contributed by atoms with Gasteiger partial charge in [0, 0.05) is 0 Å². The first-order valence-electron chi connectivity index (χ1n) is 9.53. The first-order valence-corrected chi connectivity index (χ1v) is 11.2. The van der Waals surface area contributed by atoms with Gasteiger partial charge in [0.25, 0.3) is 0 Å². The minimum atomic E-state index is -3.50. The molecule has 2 N–H and O–H groups in total. The molecule has 0 saturated heterocycles. The molecule has 3 aliphatic rings. The molecular formula is C21H27NO3S. The minimum absolute atomic E-state index is 0.0398. The van der Waals surface area contributed by atoms with Crippen molar-refractivity contribution in [3.8, 4) is 0 Å². The normalized spacial score (nSPS) is 33.0. The first kappa shape index (κ1) is 17.9. The van der Waals surface area contributed by atoms with E-state index in [1.54, 1.807) is 6.92 Å². The number of carbonyl (C=O) groups is 1. The van der Waals surface area contributed by atoms with Crippen LogP contribution >= 0.6 is 0 Å². The molecule has 4 atom stereocenters. The molecule has 0 bridgehead atoms. The van der Waals surface area contributed by atoms with Gasteiger partial charge in [-0.3, -0.25) is 4.79 Å². The van der Waals surface area contributed by atoms with Crippen molar-refractivity contribution in [1.29, 1.82) is 0 Å². The summed E-state index contributed by atoms with van der Waals surface area (Å²) in [6.45, 7) is 3.99. The fraction of sp³-hybridized carbons (Fsp3) is 0.571. The third-order valence-electron chi connectivity index (χ3n) is 7.12. The molecule has 3 aliphatic carbocycles. The Bertz CT molecular complexity index is 902. The number of hydrogen-bond acceptors (Lipinski definition) is 3. The van der Waals surface area contributed by atoms with E-state index in [0.717, 1.165) is 43.2 Å². The van der Waals surface area contributed by atoms with E-state index < -0.39 is 10.0 Å². The number of hydrogen-bond donors (Lipinski definition) is 1. The lowest BCUT2D eigenvalue weighted by Gasteiger charge is -2.50. The molecule has 140 valence electrons. The van der Waals surface area contributed by atoms with Crippen molar-refractivity contribution < 1.29 is 13.2 Å². The lowest BCUT2D eigenvalue weighted by molar-refractivity contribution is -0.115. The molecule has 1 aromatic rings. The number of aryl methyl sites for hydroxylation is 1. The van der Waals surface area contributed by atoms with Crippen LogP contribution in [0.3, 0.4) is 0 Å². The van der Waals surface area contributed by atoms with Crippen molar-refractivity contribution in [2.24, 2.45) is 22.4 Å². The molecule has 4 unspecified atom stereocenters. The SMILES string of the molecule is CC(=O)C1=CCC2C3CCc4cc(CS(N)(=O)=O)ccc4C3CCC12C. The maximum Gasteiger partial charge on any atom is 0.213 e. The molecule has 0 radical (unpaired) electrons. The fourth-order valence-electron chi connectivity index (χ4n) is 6.07. The first-order chi connectivity index (χ1) is 12.2. The van der Waals surface area contributed by atoms with Gasteiger partial charge in [0.15, 0.2) is 5.78 Å². The average Bonchev–Trinajstić information content (AvgIpc) is 2.90. The second-order valence-corrected chi connectivity index (χ2v) is 10.2. The van der Waals surface area contributed by atoms with Crippen LogP contribution in [0.1, 0.15) is 62.1 Å². The van der Waals surface area contributed by atoms with Crippen molar-refractivity contribution in [3.05, 3.63) is 46.5 Å². The number of fused-ring (bicyclic) bond motifs is 5. The molecule has 0 aliphatic heterocycles. The highest BCUT2D eigenvalue weighted by molar-refractivity contribution is 7.88. The van der Waals surface area contributed by atoms with Crippen LogP contribution in [0.25, 0.3) is 0 Å². The number of sulfonamides is 1. The lowest BCUT2D eigenvalue weighted by Crippen LogP contribution is -2.42. The van der Waals surface area contributed by atoms with E-state index in [0.29, 0.717) is 17.8 Å². The highest BCUT2D eigenvalue weighted by Crippen LogP contribution is 2.61. The van der Waals surface area contributed by atoms with Gasteiger partial charge in [0.2, 0.25) is 10.0 Å². The largest absolute Gasteiger partial charge is 0.295 e. The Hall–Kier alpha value is -1.46. The zero-order valence-electron chi connectivity index (χ0n) is 15.5. The van der Waals surface area contributed by atoms with Gasteiger partial charge in [-0.1, -0.05) is 31.2 Å². The molecule has 5 heteroatoms. The van der Waals surface area contributed by atoms with Gasteiger partial charge >= 0.3 is 0 Å². The van der Waals surface area contributed by atoms with E-state index in [2.05, 4.69) is 19.1 Å². The van der Waals surface area contributed by atoms with Crippen molar-refractivity contribution in [3.63, 3.8) is 0 Å². The average molecular weight is 374 g/mol. The fourth-order valence-corrected chi connectivity index (χ4v) is 6.72. The third-order valence-corrected chi connectivity index (χ3v) is 7.85. The van der Waals surface area contributed by atoms with Crippen LogP contribution in [0.4, 0.5) is 0 Å². The van der Waals surface area contributed by atoms with Crippen LogP contribution in [-0.2, 0) is 27.0 Å². The summed E-state index contributed by atoms with van der Waals surface area (Å²) in [6.07, 6.45) is 7.48. The Morgan fingerprint density at radius 3 is 2.77 bits per heavy atom. The minimum Gasteiger partial charge on any atom is -0.295 e. The molecule has 0 spiro atoms. The molecule has 0 heterocycles. The standard InChI is InChI=1S/C21H27NO3S/c1-13(23)19-7-8-20-18-6-4-15-11-14(12-26(22,24)25)3-5-16(15)17(18)9-10-21(19,20)2/h3,5,7,11,17-18,20H,4,6,8-10,12H2,1-2H3,(H2,22,24,25). The quantitative estimate of drug-likeness (QED) is 0.881. The zero-order chi connectivity index (χ0) is 18.7. The van der Waals surface area contributed by atoms with Crippen LogP contribution in [0.15, 0.2) is 29.8 Å². The third kappa shape index (κ3) is 2.85. The van der Waals surface area contributed by atoms with Gasteiger partial charge in [-0.15, -0.1) is 0 Å². The monoisotopic (exact) mass is 373 g/mol. The number of allylic oxidation sites excluding steroid dienone is 2. The molecule has 1 saturated carbocycles. The van der Waals surface area contributed by atoms with Crippen LogP contribution < -0.4 is 5.14 Å². The zero-order valence-corrected chi connectivity index (χ0v) is 16.3. The van der Waals surface area contributed by atoms with E-state index >= 15 is 0 Å². The van der Waals surface area contributed by atoms with Gasteiger partial charge in [-0.25, -0.2) is 13.6 Å². The molecule has 4 nitrogen and oxygen atoms in total. The maximum atomic E-state index is 12.1. The van der Waals surface area contributed by atoms with Gasteiger partial charge in [0.05, 0.1) is 5.75 Å².